The van der Waals surface area contributed by atoms with Gasteiger partial charge in [0.05, 0.1) is 12.4 Å². The van der Waals surface area contributed by atoms with E-state index in [1.807, 2.05) is 42.5 Å². The Balaban J connectivity index is 2.06. The lowest BCUT2D eigenvalue weighted by Crippen LogP contribution is -2.29. The van der Waals surface area contributed by atoms with Crippen LogP contribution in [0.15, 0.2) is 57.5 Å². The van der Waals surface area contributed by atoms with Crippen molar-refractivity contribution >= 4 is 30.1 Å². The number of hydrogen-bond donors (Lipinski definition) is 1. The summed E-state index contributed by atoms with van der Waals surface area (Å²) in [5, 5.41) is 20.8. The quantitative estimate of drug-likeness (QED) is 0.578. The van der Waals surface area contributed by atoms with Crippen molar-refractivity contribution < 1.29 is 5.11 Å². The number of pyridine rings is 1. The van der Waals surface area contributed by atoms with Crippen LogP contribution in [0.2, 0.25) is 0 Å². The van der Waals surface area contributed by atoms with Crippen LogP contribution in [0, 0.1) is 13.8 Å². The Morgan fingerprint density at radius 1 is 1.08 bits per heavy atom. The molecule has 0 aliphatic heterocycles. The van der Waals surface area contributed by atoms with Crippen LogP contribution in [0.5, 0.6) is 5.88 Å². The van der Waals surface area contributed by atoms with Gasteiger partial charge in [0.25, 0.3) is 5.56 Å². The van der Waals surface area contributed by atoms with Gasteiger partial charge >= 0.3 is 0 Å². The number of hydrogen-bond acceptors (Lipinski definition) is 5. The summed E-state index contributed by atoms with van der Waals surface area (Å²) in [6.07, 6.45) is 0. The fourth-order valence-electron chi connectivity index (χ4n) is 2.75. The number of benzene rings is 2. The summed E-state index contributed by atoms with van der Waals surface area (Å²) < 4.78 is 1.18. The molecule has 3 aromatic rings. The van der Waals surface area contributed by atoms with E-state index in [0.29, 0.717) is 16.8 Å². The molecule has 1 aromatic heterocycles. The molecule has 0 atom stereocenters. The fourth-order valence-corrected chi connectivity index (χ4v) is 2.75. The van der Waals surface area contributed by atoms with Crippen molar-refractivity contribution in [1.29, 1.82) is 0 Å². The van der Waals surface area contributed by atoms with Gasteiger partial charge in [-0.3, -0.25) is 9.36 Å². The predicted octanol–water partition coefficient (Wildman–Crippen LogP) is 3.71. The number of nitrogens with zero attached hydrogens (tertiary/aromatic N) is 4. The van der Waals surface area contributed by atoms with E-state index in [0.717, 1.165) is 10.8 Å². The van der Waals surface area contributed by atoms with Crippen LogP contribution in [0.25, 0.3) is 10.8 Å². The van der Waals surface area contributed by atoms with Crippen molar-refractivity contribution in [2.45, 2.75) is 20.5 Å². The van der Waals surface area contributed by atoms with E-state index in [9.17, 15) is 9.90 Å². The summed E-state index contributed by atoms with van der Waals surface area (Å²) in [4.78, 5) is 14.0. The van der Waals surface area contributed by atoms with E-state index in [1.54, 1.807) is 20.9 Å². The zero-order valence-electron chi connectivity index (χ0n) is 15.0. The summed E-state index contributed by atoms with van der Waals surface area (Å²) in [7, 11) is 7.24. The van der Waals surface area contributed by atoms with Gasteiger partial charge in [-0.05, 0) is 49.4 Å². The maximum Gasteiger partial charge on any atom is 0.282 e. The molecule has 0 aliphatic rings. The molecule has 130 valence electrons. The van der Waals surface area contributed by atoms with Crippen LogP contribution >= 0.6 is 0 Å². The highest BCUT2D eigenvalue weighted by Crippen LogP contribution is 2.27. The van der Waals surface area contributed by atoms with Crippen molar-refractivity contribution in [3.05, 3.63) is 63.9 Å². The van der Waals surface area contributed by atoms with Gasteiger partial charge in [0.1, 0.15) is 0 Å². The molecule has 1 N–H and O–H groups in total. The fraction of sp³-hybridized carbons (Fsp3) is 0.211. The monoisotopic (exact) mass is 346 g/mol. The molecule has 0 saturated heterocycles. The first-order valence-corrected chi connectivity index (χ1v) is 8.18. The summed E-state index contributed by atoms with van der Waals surface area (Å²) >= 11 is 0. The van der Waals surface area contributed by atoms with Crippen LogP contribution in [-0.4, -0.2) is 29.5 Å². The molecule has 7 heteroatoms. The van der Waals surface area contributed by atoms with E-state index in [1.165, 1.54) is 9.38 Å². The highest BCUT2D eigenvalue weighted by atomic mass is 16.3. The number of aromatic hydroxyl groups is 1. The van der Waals surface area contributed by atoms with Crippen molar-refractivity contribution in [2.75, 3.05) is 7.05 Å². The van der Waals surface area contributed by atoms with Crippen LogP contribution < -0.4 is 5.56 Å². The second-order valence-corrected chi connectivity index (χ2v) is 6.29. The Bertz CT molecular complexity index is 1060. The standard InChI is InChI=1S/C19H19BN4O2/c1-12-13(2)18(25)24(11-23(3)20)19(26)17(12)22-21-16-9-8-14-6-4-5-7-15(14)10-16/h4-10,25H,11H2,1-3H3. The topological polar surface area (TPSA) is 70.2 Å². The Hall–Kier alpha value is -2.93. The second-order valence-electron chi connectivity index (χ2n) is 6.29. The van der Waals surface area contributed by atoms with Gasteiger partial charge in [0, 0.05) is 5.56 Å². The van der Waals surface area contributed by atoms with Gasteiger partial charge in [-0.15, -0.1) is 5.11 Å². The second kappa shape index (κ2) is 7.13. The Kier molecular flexibility index (Phi) is 4.91. The number of fused-ring (bicyclic) bond motifs is 1. The van der Waals surface area contributed by atoms with Crippen LogP contribution in [0.4, 0.5) is 11.4 Å². The first kappa shape index (κ1) is 17.9. The van der Waals surface area contributed by atoms with E-state index >= 15 is 0 Å². The predicted molar refractivity (Wildman–Crippen MR) is 103 cm³/mol. The molecule has 6 nitrogen and oxygen atoms in total. The molecule has 0 aliphatic carbocycles. The number of azo groups is 1. The molecule has 2 radical (unpaired) electrons. The van der Waals surface area contributed by atoms with E-state index in [4.69, 9.17) is 7.98 Å². The summed E-state index contributed by atoms with van der Waals surface area (Å²) in [5.74, 6) is -0.116. The maximum atomic E-state index is 12.7. The Morgan fingerprint density at radius 3 is 2.46 bits per heavy atom. The van der Waals surface area contributed by atoms with Gasteiger partial charge in [-0.2, -0.15) is 5.11 Å². The molecular formula is C19H19BN4O2. The molecule has 2 aromatic carbocycles. The molecule has 0 spiro atoms. The third kappa shape index (κ3) is 3.39. The van der Waals surface area contributed by atoms with Gasteiger partial charge in [-0.25, -0.2) is 0 Å². The molecule has 0 saturated carbocycles. The van der Waals surface area contributed by atoms with Crippen LogP contribution in [0.3, 0.4) is 0 Å². The number of rotatable bonds is 4. The van der Waals surface area contributed by atoms with Crippen molar-refractivity contribution in [3.8, 4) is 5.88 Å². The third-order valence-electron chi connectivity index (χ3n) is 4.32. The molecule has 0 fully saturated rings. The smallest absolute Gasteiger partial charge is 0.282 e. The minimum Gasteiger partial charge on any atom is -0.494 e. The van der Waals surface area contributed by atoms with Crippen LogP contribution in [-0.2, 0) is 6.67 Å². The molecule has 26 heavy (non-hydrogen) atoms. The largest absolute Gasteiger partial charge is 0.494 e. The minimum absolute atomic E-state index is 0.0459. The lowest BCUT2D eigenvalue weighted by Gasteiger charge is -2.17. The van der Waals surface area contributed by atoms with Gasteiger partial charge in [-0.1, -0.05) is 30.3 Å². The SMILES string of the molecule is [B]N(C)Cn1c(O)c(C)c(C)c(N=Nc2ccc3ccccc3c2)c1=O. The van der Waals surface area contributed by atoms with Gasteiger partial charge in [0.15, 0.2) is 19.5 Å². The Morgan fingerprint density at radius 2 is 1.77 bits per heavy atom. The molecule has 0 unspecified atom stereocenters. The number of aromatic nitrogens is 1. The van der Waals surface area contributed by atoms with Crippen molar-refractivity contribution in [1.82, 2.24) is 9.38 Å². The zero-order chi connectivity index (χ0) is 18.8. The average molecular weight is 346 g/mol. The molecule has 0 amide bonds. The minimum atomic E-state index is -0.438. The zero-order valence-corrected chi connectivity index (χ0v) is 15.0. The molecule has 3 rings (SSSR count). The molecule has 1 heterocycles. The normalized spacial score (nSPS) is 11.7. The van der Waals surface area contributed by atoms with Crippen molar-refractivity contribution in [2.24, 2.45) is 10.2 Å². The first-order chi connectivity index (χ1) is 12.4. The van der Waals surface area contributed by atoms with E-state index in [2.05, 4.69) is 10.2 Å². The lowest BCUT2D eigenvalue weighted by molar-refractivity contribution is 0.347. The van der Waals surface area contributed by atoms with E-state index < -0.39 is 5.56 Å². The van der Waals surface area contributed by atoms with Gasteiger partial charge in [0.2, 0.25) is 0 Å². The van der Waals surface area contributed by atoms with Crippen LogP contribution in [0.1, 0.15) is 11.1 Å². The third-order valence-corrected chi connectivity index (χ3v) is 4.32. The summed E-state index contributed by atoms with van der Waals surface area (Å²) in [6, 6.07) is 13.7. The van der Waals surface area contributed by atoms with E-state index in [-0.39, 0.29) is 18.2 Å². The average Bonchev–Trinajstić information content (AvgIpc) is 2.63. The summed E-state index contributed by atoms with van der Waals surface area (Å²) in [5.41, 5.74) is 1.56. The van der Waals surface area contributed by atoms with Crippen molar-refractivity contribution in [3.63, 3.8) is 0 Å². The maximum absolute atomic E-state index is 12.7. The molecule has 0 bridgehead atoms. The summed E-state index contributed by atoms with van der Waals surface area (Å²) in [6.45, 7) is 3.51. The highest BCUT2D eigenvalue weighted by molar-refractivity contribution is 6.03. The molecular weight excluding hydrogens is 327 g/mol. The Labute approximate surface area is 152 Å². The highest BCUT2D eigenvalue weighted by Gasteiger charge is 2.16. The lowest BCUT2D eigenvalue weighted by atomic mass is 10.1. The first-order valence-electron chi connectivity index (χ1n) is 8.18. The van der Waals surface area contributed by atoms with Gasteiger partial charge < -0.3 is 9.92 Å².